The third kappa shape index (κ3) is 8.37. The highest BCUT2D eigenvalue weighted by Gasteiger charge is 2.45. The normalized spacial score (nSPS) is 21.5. The molecule has 0 bridgehead atoms. The maximum Gasteiger partial charge on any atom is 0.262 e. The number of halogens is 2. The highest BCUT2D eigenvalue weighted by Crippen LogP contribution is 2.32. The van der Waals surface area contributed by atoms with Crippen molar-refractivity contribution in [1.29, 1.82) is 5.26 Å². The summed E-state index contributed by atoms with van der Waals surface area (Å²) >= 11 is 6.12. The van der Waals surface area contributed by atoms with E-state index in [-0.39, 0.29) is 54.4 Å². The maximum absolute atomic E-state index is 14.9. The number of piperazine rings is 1. The van der Waals surface area contributed by atoms with Crippen molar-refractivity contribution in [3.63, 3.8) is 0 Å². The fraction of sp³-hybridized carbons (Fsp3) is 0.421. The van der Waals surface area contributed by atoms with Crippen LogP contribution in [0.2, 0.25) is 5.02 Å². The number of hydrogen-bond acceptors (Lipinski definition) is 12. The van der Waals surface area contributed by atoms with Crippen LogP contribution in [0.5, 0.6) is 11.5 Å². The van der Waals surface area contributed by atoms with Gasteiger partial charge in [0.1, 0.15) is 17.9 Å². The number of fused-ring (bicyclic) bond motifs is 1. The van der Waals surface area contributed by atoms with Crippen LogP contribution in [0.25, 0.3) is 0 Å². The van der Waals surface area contributed by atoms with Crippen molar-refractivity contribution in [3.8, 4) is 17.6 Å². The van der Waals surface area contributed by atoms with Crippen LogP contribution in [0, 0.1) is 17.1 Å². The third-order valence-corrected chi connectivity index (χ3v) is 10.6. The molecule has 7 rings (SSSR count). The Hall–Kier alpha value is -5.66. The van der Waals surface area contributed by atoms with Crippen molar-refractivity contribution in [2.45, 2.75) is 63.1 Å². The van der Waals surface area contributed by atoms with Gasteiger partial charge < -0.3 is 19.7 Å². The molecule has 17 heteroatoms. The number of piperidine rings is 1. The van der Waals surface area contributed by atoms with E-state index >= 15 is 0 Å². The average molecular weight is 773 g/mol. The van der Waals surface area contributed by atoms with Crippen LogP contribution in [-0.2, 0) is 9.59 Å². The van der Waals surface area contributed by atoms with Gasteiger partial charge in [0.05, 0.1) is 40.0 Å². The molecule has 4 aliphatic rings. The van der Waals surface area contributed by atoms with Gasteiger partial charge in [-0.15, -0.1) is 0 Å². The van der Waals surface area contributed by atoms with E-state index in [0.29, 0.717) is 53.9 Å². The Bertz CT molecular complexity index is 2050. The maximum atomic E-state index is 14.9. The van der Waals surface area contributed by atoms with Gasteiger partial charge in [-0.3, -0.25) is 39.1 Å². The zero-order valence-electron chi connectivity index (χ0n) is 29.8. The van der Waals surface area contributed by atoms with E-state index in [9.17, 15) is 28.4 Å². The molecule has 4 heterocycles. The number of nitrogens with zero attached hydrogens (tertiary/aromatic N) is 6. The summed E-state index contributed by atoms with van der Waals surface area (Å²) < 4.78 is 26.6. The number of amides is 5. The van der Waals surface area contributed by atoms with Gasteiger partial charge in [-0.25, -0.2) is 14.4 Å². The Morgan fingerprint density at radius 3 is 2.36 bits per heavy atom. The minimum absolute atomic E-state index is 0.00123. The number of anilines is 1. The molecule has 2 aromatic carbocycles. The van der Waals surface area contributed by atoms with Crippen LogP contribution in [-0.4, -0.2) is 107 Å². The number of carbonyl (C=O) groups excluding carboxylic acids is 5. The minimum atomic E-state index is -1.14. The second-order valence-corrected chi connectivity index (χ2v) is 14.3. The summed E-state index contributed by atoms with van der Waals surface area (Å²) in [6, 6.07) is 8.09. The molecule has 3 aliphatic heterocycles. The quantitative estimate of drug-likeness (QED) is 0.214. The topological polar surface area (TPSA) is 187 Å². The lowest BCUT2D eigenvalue weighted by Crippen LogP contribution is -2.54. The molecule has 286 valence electrons. The van der Waals surface area contributed by atoms with Gasteiger partial charge in [0.15, 0.2) is 11.6 Å². The lowest BCUT2D eigenvalue weighted by atomic mass is 9.92. The van der Waals surface area contributed by atoms with Crippen molar-refractivity contribution in [3.05, 3.63) is 75.8 Å². The number of hydrogen-bond donors (Lipinski definition) is 2. The highest BCUT2D eigenvalue weighted by atomic mass is 35.5. The number of carbonyl (C=O) groups is 5. The molecule has 2 saturated heterocycles. The first-order chi connectivity index (χ1) is 26.6. The number of imide groups is 2. The van der Waals surface area contributed by atoms with Crippen LogP contribution in [0.4, 0.5) is 10.3 Å². The van der Waals surface area contributed by atoms with E-state index in [2.05, 4.69) is 25.5 Å². The average Bonchev–Trinajstić information content (AvgIpc) is 3.41. The molecule has 15 nitrogen and oxygen atoms in total. The van der Waals surface area contributed by atoms with E-state index in [1.807, 2.05) is 11.0 Å². The fourth-order valence-electron chi connectivity index (χ4n) is 7.27. The standard InChI is InChI=1S/C38H38ClFN8O7/c39-29-16-26(5-2-22(29)19-41)55-25-6-3-24(4-7-25)44-34(50)23-20-42-38(43-21-23)47-13-11-46(12-14-47)10-1-15-54-32-18-28-27(17-30(32)40)36(52)48(37(28)53)31-8-9-33(49)45-35(31)51/h2,5,16-18,20-21,24-25,31H,1,3-4,6-15H2,(H,44,50)(H,45,49,51). The number of nitriles is 1. The highest BCUT2D eigenvalue weighted by molar-refractivity contribution is 6.31. The van der Waals surface area contributed by atoms with Gasteiger partial charge in [0.25, 0.3) is 17.7 Å². The molecule has 1 aromatic heterocycles. The van der Waals surface area contributed by atoms with Crippen molar-refractivity contribution in [2.24, 2.45) is 0 Å². The zero-order chi connectivity index (χ0) is 38.6. The van der Waals surface area contributed by atoms with Crippen LogP contribution in [0.15, 0.2) is 42.7 Å². The second-order valence-electron chi connectivity index (χ2n) is 13.9. The molecule has 0 spiro atoms. The zero-order valence-corrected chi connectivity index (χ0v) is 30.5. The largest absolute Gasteiger partial charge is 0.490 e. The Morgan fingerprint density at radius 1 is 0.982 bits per heavy atom. The van der Waals surface area contributed by atoms with E-state index in [1.54, 1.807) is 30.6 Å². The number of nitrogens with one attached hydrogen (secondary N) is 2. The fourth-order valence-corrected chi connectivity index (χ4v) is 7.48. The van der Waals surface area contributed by atoms with Crippen molar-refractivity contribution < 1.29 is 37.8 Å². The van der Waals surface area contributed by atoms with Gasteiger partial charge >= 0.3 is 0 Å². The molecule has 3 aromatic rings. The van der Waals surface area contributed by atoms with Gasteiger partial charge in [-0.1, -0.05) is 11.6 Å². The Balaban J connectivity index is 0.815. The first-order valence-corrected chi connectivity index (χ1v) is 18.6. The van der Waals surface area contributed by atoms with Crippen molar-refractivity contribution >= 4 is 47.1 Å². The van der Waals surface area contributed by atoms with E-state index in [1.165, 1.54) is 6.07 Å². The summed E-state index contributed by atoms with van der Waals surface area (Å²) in [4.78, 5) is 76.7. The Morgan fingerprint density at radius 2 is 1.69 bits per heavy atom. The molecular weight excluding hydrogens is 735 g/mol. The van der Waals surface area contributed by atoms with Crippen LogP contribution >= 0.6 is 11.6 Å². The van der Waals surface area contributed by atoms with Gasteiger partial charge in [0, 0.05) is 63.6 Å². The molecule has 2 N–H and O–H groups in total. The smallest absolute Gasteiger partial charge is 0.262 e. The third-order valence-electron chi connectivity index (χ3n) is 10.3. The van der Waals surface area contributed by atoms with Crippen LogP contribution < -0.4 is 25.0 Å². The van der Waals surface area contributed by atoms with Crippen LogP contribution in [0.3, 0.4) is 0 Å². The number of ether oxygens (including phenoxy) is 2. The summed E-state index contributed by atoms with van der Waals surface area (Å²) in [5.41, 5.74) is 0.594. The monoisotopic (exact) mass is 772 g/mol. The summed E-state index contributed by atoms with van der Waals surface area (Å²) in [5, 5.41) is 14.6. The summed E-state index contributed by atoms with van der Waals surface area (Å²) in [6.07, 6.45) is 6.71. The molecule has 5 amide bonds. The Kier molecular flexibility index (Phi) is 11.2. The van der Waals surface area contributed by atoms with E-state index in [0.717, 1.165) is 49.7 Å². The molecule has 1 unspecified atom stereocenters. The number of benzene rings is 2. The predicted molar refractivity (Wildman–Crippen MR) is 194 cm³/mol. The predicted octanol–water partition coefficient (Wildman–Crippen LogP) is 3.25. The van der Waals surface area contributed by atoms with Gasteiger partial charge in [-0.05, 0) is 62.8 Å². The summed E-state index contributed by atoms with van der Waals surface area (Å²) in [6.45, 7) is 3.66. The van der Waals surface area contributed by atoms with E-state index < -0.39 is 35.5 Å². The molecule has 55 heavy (non-hydrogen) atoms. The number of rotatable bonds is 11. The summed E-state index contributed by atoms with van der Waals surface area (Å²) in [5.74, 6) is -2.74. The lowest BCUT2D eigenvalue weighted by Gasteiger charge is -2.34. The SMILES string of the molecule is N#Cc1ccc(OC2CCC(NC(=O)c3cnc(N4CCN(CCCOc5cc6c(cc5F)C(=O)N(C5CCC(=O)NC5=O)C6=O)CC4)nc3)CC2)cc1Cl. The molecule has 1 saturated carbocycles. The first-order valence-electron chi connectivity index (χ1n) is 18.2. The molecule has 1 atom stereocenters. The molecule has 1 aliphatic carbocycles. The number of aromatic nitrogens is 2. The summed E-state index contributed by atoms with van der Waals surface area (Å²) in [7, 11) is 0. The second kappa shape index (κ2) is 16.4. The molecule has 3 fully saturated rings. The first kappa shape index (κ1) is 37.6. The van der Waals surface area contributed by atoms with Crippen molar-refractivity contribution in [2.75, 3.05) is 44.2 Å². The van der Waals surface area contributed by atoms with Gasteiger partial charge in [-0.2, -0.15) is 5.26 Å². The lowest BCUT2D eigenvalue weighted by molar-refractivity contribution is -0.136. The van der Waals surface area contributed by atoms with Crippen molar-refractivity contribution in [1.82, 2.24) is 30.4 Å². The molecule has 0 radical (unpaired) electrons. The Labute approximate surface area is 320 Å². The van der Waals surface area contributed by atoms with Gasteiger partial charge in [0.2, 0.25) is 17.8 Å². The van der Waals surface area contributed by atoms with Crippen LogP contribution in [0.1, 0.15) is 81.6 Å². The minimum Gasteiger partial charge on any atom is -0.490 e. The molecular formula is C38H38ClFN8O7. The van der Waals surface area contributed by atoms with E-state index in [4.69, 9.17) is 26.3 Å².